The van der Waals surface area contributed by atoms with E-state index in [0.29, 0.717) is 0 Å². The van der Waals surface area contributed by atoms with Crippen LogP contribution in [-0.2, 0) is 0 Å². The Hall–Kier alpha value is -5.86. The molecule has 0 fully saturated rings. The molecule has 45 heavy (non-hydrogen) atoms. The monoisotopic (exact) mass is 578 g/mol. The van der Waals surface area contributed by atoms with Crippen molar-refractivity contribution in [1.82, 2.24) is 4.57 Å². The molecule has 2 heteroatoms. The SMILES string of the molecule is C=c1c(=CC=C(C)c2ccc(N(c3ccccc3)c3ccc(-c4ccccc4)cc3)cc2)n(-c2ccccc2)c2ccccc12. The Labute approximate surface area is 264 Å². The van der Waals surface area contributed by atoms with Crippen LogP contribution in [0, 0.1) is 0 Å². The lowest BCUT2D eigenvalue weighted by atomic mass is 10.0. The smallest absolute Gasteiger partial charge is 0.0540 e. The first kappa shape index (κ1) is 27.9. The number of allylic oxidation sites excluding steroid dienone is 2. The fourth-order valence-electron chi connectivity index (χ4n) is 5.99. The Morgan fingerprint density at radius 1 is 0.556 bits per heavy atom. The summed E-state index contributed by atoms with van der Waals surface area (Å²) in [5.41, 5.74) is 10.4. The van der Waals surface area contributed by atoms with Gasteiger partial charge in [-0.2, -0.15) is 0 Å². The number of hydrogen-bond donors (Lipinski definition) is 0. The van der Waals surface area contributed by atoms with Crippen molar-refractivity contribution in [2.75, 3.05) is 4.90 Å². The van der Waals surface area contributed by atoms with E-state index in [4.69, 9.17) is 0 Å². The topological polar surface area (TPSA) is 8.17 Å². The fourth-order valence-corrected chi connectivity index (χ4v) is 5.99. The highest BCUT2D eigenvalue weighted by molar-refractivity contribution is 5.84. The van der Waals surface area contributed by atoms with Gasteiger partial charge in [0.2, 0.25) is 0 Å². The third kappa shape index (κ3) is 5.62. The molecule has 0 atom stereocenters. The van der Waals surface area contributed by atoms with Crippen molar-refractivity contribution in [3.63, 3.8) is 0 Å². The van der Waals surface area contributed by atoms with Crippen molar-refractivity contribution >= 4 is 46.2 Å². The summed E-state index contributed by atoms with van der Waals surface area (Å²) in [5, 5.41) is 3.29. The van der Waals surface area contributed by atoms with Gasteiger partial charge in [0.15, 0.2) is 0 Å². The van der Waals surface area contributed by atoms with Gasteiger partial charge in [0.25, 0.3) is 0 Å². The molecule has 7 aromatic rings. The van der Waals surface area contributed by atoms with Crippen LogP contribution in [0.15, 0.2) is 170 Å². The molecule has 0 amide bonds. The van der Waals surface area contributed by atoms with E-state index in [-0.39, 0.29) is 0 Å². The first-order chi connectivity index (χ1) is 22.2. The molecule has 0 aliphatic carbocycles. The summed E-state index contributed by atoms with van der Waals surface area (Å²) in [7, 11) is 0. The zero-order valence-corrected chi connectivity index (χ0v) is 25.3. The van der Waals surface area contributed by atoms with Crippen LogP contribution in [0.4, 0.5) is 17.1 Å². The largest absolute Gasteiger partial charge is 0.311 e. The van der Waals surface area contributed by atoms with Crippen molar-refractivity contribution in [3.8, 4) is 16.8 Å². The Bertz CT molecular complexity index is 2190. The third-order valence-corrected chi connectivity index (χ3v) is 8.35. The molecular weight excluding hydrogens is 544 g/mol. The summed E-state index contributed by atoms with van der Waals surface area (Å²) in [6.07, 6.45) is 4.40. The van der Waals surface area contributed by atoms with Crippen molar-refractivity contribution in [3.05, 3.63) is 186 Å². The second-order valence-electron chi connectivity index (χ2n) is 11.2. The molecule has 0 unspecified atom stereocenters. The van der Waals surface area contributed by atoms with Gasteiger partial charge in [-0.3, -0.25) is 0 Å². The number of para-hydroxylation sites is 3. The van der Waals surface area contributed by atoms with Crippen molar-refractivity contribution in [2.24, 2.45) is 0 Å². The molecule has 0 bridgehead atoms. The Morgan fingerprint density at radius 2 is 1.07 bits per heavy atom. The second kappa shape index (κ2) is 12.4. The highest BCUT2D eigenvalue weighted by Gasteiger charge is 2.13. The molecular formula is C43H34N2. The minimum Gasteiger partial charge on any atom is -0.311 e. The molecule has 0 spiro atoms. The van der Waals surface area contributed by atoms with Gasteiger partial charge in [-0.15, -0.1) is 0 Å². The first-order valence-electron chi connectivity index (χ1n) is 15.3. The molecule has 7 rings (SSSR count). The summed E-state index contributed by atoms with van der Waals surface area (Å²) in [4.78, 5) is 2.30. The van der Waals surface area contributed by atoms with Crippen LogP contribution in [0.5, 0.6) is 0 Å². The van der Waals surface area contributed by atoms with E-state index in [1.807, 2.05) is 0 Å². The van der Waals surface area contributed by atoms with Crippen LogP contribution < -0.4 is 15.5 Å². The molecule has 216 valence electrons. The van der Waals surface area contributed by atoms with Crippen LogP contribution in [0.25, 0.3) is 45.9 Å². The standard InChI is InChI=1S/C43H34N2/c1-32(22-31-42-33(2)41-20-12-13-21-43(41)45(42)38-18-10-5-11-19-38)34-23-27-39(28-24-34)44(37-16-8-4-9-17-37)40-29-25-36(26-30-40)35-14-6-3-7-15-35/h3-31H,2H2,1H3. The van der Waals surface area contributed by atoms with Gasteiger partial charge in [0.05, 0.1) is 10.9 Å². The van der Waals surface area contributed by atoms with E-state index in [1.54, 1.807) is 0 Å². The van der Waals surface area contributed by atoms with E-state index in [1.165, 1.54) is 27.6 Å². The van der Waals surface area contributed by atoms with Gasteiger partial charge >= 0.3 is 0 Å². The van der Waals surface area contributed by atoms with Crippen LogP contribution in [-0.4, -0.2) is 4.57 Å². The lowest BCUT2D eigenvalue weighted by molar-refractivity contribution is 1.07. The van der Waals surface area contributed by atoms with E-state index in [0.717, 1.165) is 38.8 Å². The lowest BCUT2D eigenvalue weighted by Crippen LogP contribution is -2.26. The van der Waals surface area contributed by atoms with E-state index in [2.05, 4.69) is 199 Å². The van der Waals surface area contributed by atoms with Gasteiger partial charge in [0.1, 0.15) is 0 Å². The average Bonchev–Trinajstić information content (AvgIpc) is 3.40. The van der Waals surface area contributed by atoms with Crippen molar-refractivity contribution in [2.45, 2.75) is 6.92 Å². The molecule has 2 nitrogen and oxygen atoms in total. The maximum atomic E-state index is 4.47. The molecule has 0 N–H and O–H groups in total. The van der Waals surface area contributed by atoms with E-state index in [9.17, 15) is 0 Å². The zero-order valence-electron chi connectivity index (χ0n) is 25.3. The van der Waals surface area contributed by atoms with Crippen molar-refractivity contribution in [1.29, 1.82) is 0 Å². The van der Waals surface area contributed by atoms with Crippen LogP contribution in [0.2, 0.25) is 0 Å². The summed E-state index contributed by atoms with van der Waals surface area (Å²) in [6, 6.07) is 57.7. The van der Waals surface area contributed by atoms with Gasteiger partial charge in [0, 0.05) is 33.4 Å². The lowest BCUT2D eigenvalue weighted by Gasteiger charge is -2.26. The minimum atomic E-state index is 1.03. The van der Waals surface area contributed by atoms with Crippen LogP contribution in [0.1, 0.15) is 12.5 Å². The molecule has 1 heterocycles. The zero-order chi connectivity index (χ0) is 30.6. The Kier molecular flexibility index (Phi) is 7.70. The summed E-state index contributed by atoms with van der Waals surface area (Å²) >= 11 is 0. The van der Waals surface area contributed by atoms with Gasteiger partial charge in [-0.25, -0.2) is 0 Å². The summed E-state index contributed by atoms with van der Waals surface area (Å²) < 4.78 is 2.30. The van der Waals surface area contributed by atoms with Crippen LogP contribution >= 0.6 is 0 Å². The number of anilines is 3. The number of benzene rings is 6. The quantitative estimate of drug-likeness (QED) is 0.183. The van der Waals surface area contributed by atoms with E-state index < -0.39 is 0 Å². The molecule has 0 aliphatic rings. The predicted molar refractivity (Wildman–Crippen MR) is 193 cm³/mol. The number of fused-ring (bicyclic) bond motifs is 1. The Balaban J connectivity index is 1.24. The van der Waals surface area contributed by atoms with Crippen molar-refractivity contribution < 1.29 is 0 Å². The number of aromatic nitrogens is 1. The second-order valence-corrected chi connectivity index (χ2v) is 11.2. The molecule has 0 saturated carbocycles. The highest BCUT2D eigenvalue weighted by atomic mass is 15.1. The van der Waals surface area contributed by atoms with Gasteiger partial charge in [-0.1, -0.05) is 122 Å². The number of hydrogen-bond acceptors (Lipinski definition) is 1. The number of rotatable bonds is 7. The summed E-state index contributed by atoms with van der Waals surface area (Å²) in [5.74, 6) is 0. The Morgan fingerprint density at radius 3 is 1.73 bits per heavy atom. The van der Waals surface area contributed by atoms with Gasteiger partial charge < -0.3 is 9.47 Å². The first-order valence-corrected chi connectivity index (χ1v) is 15.3. The maximum absolute atomic E-state index is 4.47. The van der Waals surface area contributed by atoms with Gasteiger partial charge in [-0.05, 0) is 89.9 Å². The van der Waals surface area contributed by atoms with Crippen LogP contribution in [0.3, 0.4) is 0 Å². The number of nitrogens with zero attached hydrogens (tertiary/aromatic N) is 2. The predicted octanol–water partition coefficient (Wildman–Crippen LogP) is 10.1. The molecule has 6 aromatic carbocycles. The maximum Gasteiger partial charge on any atom is 0.0540 e. The minimum absolute atomic E-state index is 1.03. The van der Waals surface area contributed by atoms with E-state index >= 15 is 0 Å². The highest BCUT2D eigenvalue weighted by Crippen LogP contribution is 2.36. The normalized spacial score (nSPS) is 12.0. The molecule has 0 aliphatic heterocycles. The fraction of sp³-hybridized carbons (Fsp3) is 0.0233. The molecule has 0 saturated heterocycles. The molecule has 0 radical (unpaired) electrons. The molecule has 1 aromatic heterocycles. The third-order valence-electron chi connectivity index (χ3n) is 8.35. The summed E-state index contributed by atoms with van der Waals surface area (Å²) in [6.45, 7) is 6.64. The average molecular weight is 579 g/mol.